The summed E-state index contributed by atoms with van der Waals surface area (Å²) in [6.45, 7) is 13.0. The normalized spacial score (nSPS) is 9.86. The molecule has 0 aliphatic heterocycles. The standard InChI is InChI=1S/C8H18N.CO2.K.V/c1-7(2,3)9-8(4,5)6;2-1-3;;/h1-6H3;;;/q-1;-2;+1;. The van der Waals surface area contributed by atoms with E-state index >= 15 is 0 Å². The first-order valence-corrected chi connectivity index (χ1v) is 3.86. The van der Waals surface area contributed by atoms with Crippen LogP contribution in [-0.2, 0) is 23.4 Å². The zero-order valence-corrected chi connectivity index (χ0v) is 14.7. The molecule has 14 heavy (non-hydrogen) atoms. The molecular formula is C9H18KNO2V-2. The number of hydrogen-bond donors (Lipinski definition) is 0. The van der Waals surface area contributed by atoms with Gasteiger partial charge in [-0.05, 0) is 0 Å². The van der Waals surface area contributed by atoms with Gasteiger partial charge in [-0.2, -0.15) is 0 Å². The Balaban J connectivity index is -0.0000000891. The van der Waals surface area contributed by atoms with Gasteiger partial charge in [-0.1, -0.05) is 41.5 Å². The summed E-state index contributed by atoms with van der Waals surface area (Å²) >= 11 is 0. The maximum atomic E-state index is 8.12. The molecule has 0 aromatic heterocycles. The molecule has 0 aliphatic carbocycles. The Bertz CT molecular complexity index is 118. The fourth-order valence-corrected chi connectivity index (χ4v) is 1.01. The average molecular weight is 262 g/mol. The molecule has 0 fully saturated rings. The molecule has 0 saturated carbocycles. The van der Waals surface area contributed by atoms with Crippen molar-refractivity contribution >= 4 is 6.47 Å². The van der Waals surface area contributed by atoms with Crippen LogP contribution in [0.3, 0.4) is 0 Å². The van der Waals surface area contributed by atoms with Crippen LogP contribution in [0, 0.1) is 0 Å². The molecule has 0 N–H and O–H groups in total. The monoisotopic (exact) mass is 262 g/mol. The van der Waals surface area contributed by atoms with E-state index < -0.39 is 0 Å². The second-order valence-electron chi connectivity index (χ2n) is 4.54. The molecule has 0 aromatic carbocycles. The van der Waals surface area contributed by atoms with Gasteiger partial charge in [0.2, 0.25) is 0 Å². The Hall–Kier alpha value is 1.65. The Labute approximate surface area is 142 Å². The molecule has 0 amide bonds. The van der Waals surface area contributed by atoms with E-state index in [9.17, 15) is 0 Å². The van der Waals surface area contributed by atoms with Crippen molar-refractivity contribution in [1.82, 2.24) is 0 Å². The van der Waals surface area contributed by atoms with Crippen molar-refractivity contribution in [3.05, 3.63) is 5.32 Å². The van der Waals surface area contributed by atoms with Crippen molar-refractivity contribution in [2.75, 3.05) is 0 Å². The maximum Gasteiger partial charge on any atom is 1.00 e. The number of rotatable bonds is 0. The SMILES string of the molecule is CC(C)(C)[N-]C(C)(C)C.O=[C-][O-].[K+].[V]. The molecule has 0 heterocycles. The van der Waals surface area contributed by atoms with E-state index in [0.717, 1.165) is 0 Å². The summed E-state index contributed by atoms with van der Waals surface area (Å²) in [4.78, 5) is 8.12. The minimum atomic E-state index is 0. The summed E-state index contributed by atoms with van der Waals surface area (Å²) in [5.41, 5.74) is 0.219. The van der Waals surface area contributed by atoms with Gasteiger partial charge in [0.25, 0.3) is 0 Å². The van der Waals surface area contributed by atoms with Crippen LogP contribution >= 0.6 is 0 Å². The van der Waals surface area contributed by atoms with Crippen molar-refractivity contribution in [2.45, 2.75) is 52.6 Å². The van der Waals surface area contributed by atoms with Gasteiger partial charge in [0.1, 0.15) is 0 Å². The third-order valence-corrected chi connectivity index (χ3v) is 0.671. The zero-order chi connectivity index (χ0) is 10.4. The van der Waals surface area contributed by atoms with Crippen LogP contribution in [0.25, 0.3) is 5.32 Å². The van der Waals surface area contributed by atoms with Crippen molar-refractivity contribution in [3.63, 3.8) is 0 Å². The Morgan fingerprint density at radius 3 is 1.14 bits per heavy atom. The molecule has 5 heteroatoms. The van der Waals surface area contributed by atoms with Crippen molar-refractivity contribution < 1.29 is 79.8 Å². The minimum absolute atomic E-state index is 0. The van der Waals surface area contributed by atoms with Crippen LogP contribution in [0.4, 0.5) is 0 Å². The van der Waals surface area contributed by atoms with E-state index in [1.165, 1.54) is 0 Å². The number of nitrogens with zero attached hydrogens (tertiary/aromatic N) is 1. The van der Waals surface area contributed by atoms with Gasteiger partial charge in [0.15, 0.2) is 0 Å². The van der Waals surface area contributed by atoms with E-state index in [4.69, 9.17) is 9.90 Å². The summed E-state index contributed by atoms with van der Waals surface area (Å²) in [6.07, 6.45) is 0. The first-order chi connectivity index (χ1) is 5.12. The predicted octanol–water partition coefficient (Wildman–Crippen LogP) is -1.76. The summed E-state index contributed by atoms with van der Waals surface area (Å²) < 4.78 is 0. The molecule has 3 nitrogen and oxygen atoms in total. The summed E-state index contributed by atoms with van der Waals surface area (Å²) in [6, 6.07) is 0. The molecule has 0 atom stereocenters. The second-order valence-corrected chi connectivity index (χ2v) is 4.54. The summed E-state index contributed by atoms with van der Waals surface area (Å²) in [5, 5.41) is 12.7. The zero-order valence-electron chi connectivity index (χ0n) is 10.2. The van der Waals surface area contributed by atoms with Crippen LogP contribution in [0.1, 0.15) is 41.5 Å². The molecule has 1 radical (unpaired) electrons. The minimum Gasteiger partial charge on any atom is -0.794 e. The molecule has 79 valence electrons. The number of hydrogen-bond acceptors (Lipinski definition) is 2. The quantitative estimate of drug-likeness (QED) is 0.383. The van der Waals surface area contributed by atoms with E-state index in [2.05, 4.69) is 46.9 Å². The van der Waals surface area contributed by atoms with Crippen LogP contribution < -0.4 is 56.5 Å². The van der Waals surface area contributed by atoms with Crippen molar-refractivity contribution in [3.8, 4) is 0 Å². The summed E-state index contributed by atoms with van der Waals surface area (Å²) in [7, 11) is 0. The van der Waals surface area contributed by atoms with Gasteiger partial charge in [0, 0.05) is 18.6 Å². The topological polar surface area (TPSA) is 54.2 Å². The fourth-order valence-electron chi connectivity index (χ4n) is 1.01. The molecular weight excluding hydrogens is 244 g/mol. The Morgan fingerprint density at radius 1 is 1.00 bits per heavy atom. The Morgan fingerprint density at radius 2 is 1.14 bits per heavy atom. The van der Waals surface area contributed by atoms with E-state index in [1.54, 1.807) is 0 Å². The molecule has 0 rings (SSSR count). The molecule has 0 aliphatic rings. The Kier molecular flexibility index (Phi) is 19.7. The molecule has 0 aromatic rings. The van der Waals surface area contributed by atoms with Crippen molar-refractivity contribution in [2.24, 2.45) is 0 Å². The third-order valence-electron chi connectivity index (χ3n) is 0.671. The first kappa shape index (κ1) is 24.7. The summed E-state index contributed by atoms with van der Waals surface area (Å²) in [5.74, 6) is 0. The smallest absolute Gasteiger partial charge is 0.794 e. The van der Waals surface area contributed by atoms with E-state index in [1.807, 2.05) is 0 Å². The van der Waals surface area contributed by atoms with Crippen LogP contribution in [0.5, 0.6) is 0 Å². The molecule has 0 spiro atoms. The van der Waals surface area contributed by atoms with Gasteiger partial charge in [-0.15, -0.1) is 11.1 Å². The van der Waals surface area contributed by atoms with E-state index in [0.29, 0.717) is 0 Å². The van der Waals surface area contributed by atoms with Gasteiger partial charge < -0.3 is 21.7 Å². The first-order valence-electron chi connectivity index (χ1n) is 3.86. The molecule has 0 saturated heterocycles. The fraction of sp³-hybridized carbons (Fsp3) is 0.889. The van der Waals surface area contributed by atoms with Gasteiger partial charge in [0.05, 0.1) is 0 Å². The van der Waals surface area contributed by atoms with Gasteiger partial charge in [-0.3, -0.25) is 0 Å². The van der Waals surface area contributed by atoms with Crippen LogP contribution in [-0.4, -0.2) is 17.6 Å². The molecule has 0 bridgehead atoms. The van der Waals surface area contributed by atoms with Gasteiger partial charge in [-0.25, -0.2) is 0 Å². The van der Waals surface area contributed by atoms with E-state index in [-0.39, 0.29) is 87.5 Å². The predicted molar refractivity (Wildman–Crippen MR) is 48.6 cm³/mol. The van der Waals surface area contributed by atoms with Crippen molar-refractivity contribution in [1.29, 1.82) is 0 Å². The number of carbonyl (C=O) groups excluding carboxylic acids is 1. The largest absolute Gasteiger partial charge is 1.00 e. The van der Waals surface area contributed by atoms with Gasteiger partial charge >= 0.3 is 51.4 Å². The van der Waals surface area contributed by atoms with Crippen LogP contribution in [0.2, 0.25) is 0 Å². The molecule has 0 unspecified atom stereocenters. The second kappa shape index (κ2) is 11.1. The maximum absolute atomic E-state index is 8.12. The average Bonchev–Trinajstić information content (AvgIpc) is 1.53. The van der Waals surface area contributed by atoms with Crippen LogP contribution in [0.15, 0.2) is 0 Å². The third kappa shape index (κ3) is 37.3.